The molecule has 1 heterocycles. The van der Waals surface area contributed by atoms with E-state index in [2.05, 4.69) is 34.7 Å². The van der Waals surface area contributed by atoms with Crippen LogP contribution in [0.2, 0.25) is 0 Å². The fourth-order valence-corrected chi connectivity index (χ4v) is 2.93. The van der Waals surface area contributed by atoms with Crippen molar-refractivity contribution in [1.29, 1.82) is 0 Å². The Labute approximate surface area is 125 Å². The van der Waals surface area contributed by atoms with Crippen LogP contribution in [-0.4, -0.2) is 31.1 Å². The molecule has 0 spiro atoms. The molecular formula is C16H24BrNO. The van der Waals surface area contributed by atoms with E-state index in [1.807, 2.05) is 24.3 Å². The highest BCUT2D eigenvalue weighted by molar-refractivity contribution is 9.10. The summed E-state index contributed by atoms with van der Waals surface area (Å²) in [5.41, 5.74) is 0.514. The van der Waals surface area contributed by atoms with E-state index >= 15 is 0 Å². The van der Waals surface area contributed by atoms with E-state index in [1.54, 1.807) is 0 Å². The standard InChI is InChI=1S/C16H24BrNO/c1-16(2)7-4-9-18(10-8-16)11-12-19-15-6-3-5-14(17)13-15/h3,5-6,13H,4,7-12H2,1-2H3. The molecule has 0 N–H and O–H groups in total. The monoisotopic (exact) mass is 325 g/mol. The Morgan fingerprint density at radius 2 is 2.11 bits per heavy atom. The predicted octanol–water partition coefficient (Wildman–Crippen LogP) is 4.34. The fourth-order valence-electron chi connectivity index (χ4n) is 2.55. The van der Waals surface area contributed by atoms with Gasteiger partial charge >= 0.3 is 0 Å². The highest BCUT2D eigenvalue weighted by Crippen LogP contribution is 2.29. The van der Waals surface area contributed by atoms with Gasteiger partial charge in [-0.2, -0.15) is 0 Å². The molecule has 0 amide bonds. The summed E-state index contributed by atoms with van der Waals surface area (Å²) in [6, 6.07) is 8.06. The molecule has 2 rings (SSSR count). The Kier molecular flexibility index (Phi) is 5.28. The summed E-state index contributed by atoms with van der Waals surface area (Å²) in [5.74, 6) is 0.949. The second-order valence-electron chi connectivity index (χ2n) is 6.17. The van der Waals surface area contributed by atoms with E-state index in [9.17, 15) is 0 Å². The number of benzene rings is 1. The third-order valence-electron chi connectivity index (χ3n) is 3.91. The topological polar surface area (TPSA) is 12.5 Å². The zero-order chi connectivity index (χ0) is 13.7. The summed E-state index contributed by atoms with van der Waals surface area (Å²) in [7, 11) is 0. The Hall–Kier alpha value is -0.540. The molecule has 0 aromatic heterocycles. The van der Waals surface area contributed by atoms with E-state index in [1.165, 1.54) is 32.4 Å². The minimum absolute atomic E-state index is 0.514. The molecule has 1 aliphatic rings. The Balaban J connectivity index is 1.74. The number of nitrogens with zero attached hydrogens (tertiary/aromatic N) is 1. The molecule has 1 aromatic rings. The normalized spacial score (nSPS) is 19.9. The highest BCUT2D eigenvalue weighted by Gasteiger charge is 2.22. The van der Waals surface area contributed by atoms with Crippen LogP contribution in [0.5, 0.6) is 5.75 Å². The molecule has 1 fully saturated rings. The number of likely N-dealkylation sites (tertiary alicyclic amines) is 1. The first-order valence-corrected chi connectivity index (χ1v) is 7.95. The number of halogens is 1. The third kappa shape index (κ3) is 5.15. The van der Waals surface area contributed by atoms with Crippen molar-refractivity contribution in [3.05, 3.63) is 28.7 Å². The number of ether oxygens (including phenoxy) is 1. The number of rotatable bonds is 4. The number of hydrogen-bond donors (Lipinski definition) is 0. The van der Waals surface area contributed by atoms with Crippen LogP contribution in [0.25, 0.3) is 0 Å². The maximum atomic E-state index is 5.81. The van der Waals surface area contributed by atoms with Crippen molar-refractivity contribution in [2.45, 2.75) is 33.1 Å². The lowest BCUT2D eigenvalue weighted by Gasteiger charge is -2.23. The summed E-state index contributed by atoms with van der Waals surface area (Å²) in [6.07, 6.45) is 3.95. The molecule has 0 unspecified atom stereocenters. The van der Waals surface area contributed by atoms with Crippen LogP contribution < -0.4 is 4.74 Å². The molecule has 2 nitrogen and oxygen atoms in total. The average Bonchev–Trinajstić information content (AvgIpc) is 2.51. The average molecular weight is 326 g/mol. The van der Waals surface area contributed by atoms with Crippen molar-refractivity contribution in [3.63, 3.8) is 0 Å². The molecule has 0 saturated carbocycles. The zero-order valence-corrected chi connectivity index (χ0v) is 13.6. The zero-order valence-electron chi connectivity index (χ0n) is 12.0. The Morgan fingerprint density at radius 1 is 1.26 bits per heavy atom. The first-order chi connectivity index (χ1) is 9.05. The first kappa shape index (κ1) is 14.9. The summed E-state index contributed by atoms with van der Waals surface area (Å²) in [5, 5.41) is 0. The molecule has 1 saturated heterocycles. The predicted molar refractivity (Wildman–Crippen MR) is 83.7 cm³/mol. The maximum absolute atomic E-state index is 5.81. The van der Waals surface area contributed by atoms with Gasteiger partial charge in [-0.05, 0) is 56.0 Å². The van der Waals surface area contributed by atoms with Gasteiger partial charge in [-0.3, -0.25) is 4.90 Å². The molecule has 3 heteroatoms. The molecule has 1 aromatic carbocycles. The van der Waals surface area contributed by atoms with Gasteiger partial charge in [0.05, 0.1) is 0 Å². The van der Waals surface area contributed by atoms with Gasteiger partial charge in [0.15, 0.2) is 0 Å². The summed E-state index contributed by atoms with van der Waals surface area (Å²) in [6.45, 7) is 8.99. The van der Waals surface area contributed by atoms with Gasteiger partial charge in [-0.15, -0.1) is 0 Å². The Bertz CT molecular complexity index is 405. The molecular weight excluding hydrogens is 302 g/mol. The van der Waals surface area contributed by atoms with Gasteiger partial charge < -0.3 is 4.74 Å². The van der Waals surface area contributed by atoms with Crippen molar-refractivity contribution in [2.24, 2.45) is 5.41 Å². The summed E-state index contributed by atoms with van der Waals surface area (Å²) < 4.78 is 6.88. The van der Waals surface area contributed by atoms with Crippen LogP contribution in [0.1, 0.15) is 33.1 Å². The first-order valence-electron chi connectivity index (χ1n) is 7.16. The van der Waals surface area contributed by atoms with Gasteiger partial charge in [0.2, 0.25) is 0 Å². The lowest BCUT2D eigenvalue weighted by molar-refractivity contribution is 0.207. The second-order valence-corrected chi connectivity index (χ2v) is 7.08. The van der Waals surface area contributed by atoms with Crippen molar-refractivity contribution in [3.8, 4) is 5.75 Å². The fraction of sp³-hybridized carbons (Fsp3) is 0.625. The van der Waals surface area contributed by atoms with Crippen molar-refractivity contribution < 1.29 is 4.74 Å². The molecule has 106 valence electrons. The Morgan fingerprint density at radius 3 is 2.89 bits per heavy atom. The van der Waals surface area contributed by atoms with Crippen molar-refractivity contribution in [1.82, 2.24) is 4.90 Å². The maximum Gasteiger partial charge on any atom is 0.120 e. The van der Waals surface area contributed by atoms with E-state index in [0.717, 1.165) is 23.4 Å². The molecule has 0 atom stereocenters. The SMILES string of the molecule is CC1(C)CCCN(CCOc2cccc(Br)c2)CC1. The van der Waals surface area contributed by atoms with Crippen molar-refractivity contribution >= 4 is 15.9 Å². The molecule has 0 bridgehead atoms. The molecule has 19 heavy (non-hydrogen) atoms. The minimum atomic E-state index is 0.514. The van der Waals surface area contributed by atoms with E-state index in [0.29, 0.717) is 5.41 Å². The van der Waals surface area contributed by atoms with E-state index in [4.69, 9.17) is 4.74 Å². The second kappa shape index (κ2) is 6.76. The highest BCUT2D eigenvalue weighted by atomic mass is 79.9. The lowest BCUT2D eigenvalue weighted by Crippen LogP contribution is -2.30. The van der Waals surface area contributed by atoms with Crippen LogP contribution in [-0.2, 0) is 0 Å². The van der Waals surface area contributed by atoms with E-state index < -0.39 is 0 Å². The van der Waals surface area contributed by atoms with Crippen LogP contribution in [0.3, 0.4) is 0 Å². The molecule has 0 aliphatic carbocycles. The van der Waals surface area contributed by atoms with Crippen LogP contribution in [0.15, 0.2) is 28.7 Å². The molecule has 1 aliphatic heterocycles. The van der Waals surface area contributed by atoms with Gasteiger partial charge in [-0.25, -0.2) is 0 Å². The largest absolute Gasteiger partial charge is 0.492 e. The van der Waals surface area contributed by atoms with Crippen molar-refractivity contribution in [2.75, 3.05) is 26.2 Å². The lowest BCUT2D eigenvalue weighted by atomic mass is 9.85. The van der Waals surface area contributed by atoms with E-state index in [-0.39, 0.29) is 0 Å². The minimum Gasteiger partial charge on any atom is -0.492 e. The van der Waals surface area contributed by atoms with Crippen LogP contribution >= 0.6 is 15.9 Å². The summed E-state index contributed by atoms with van der Waals surface area (Å²) >= 11 is 3.46. The van der Waals surface area contributed by atoms with Crippen LogP contribution in [0, 0.1) is 5.41 Å². The smallest absolute Gasteiger partial charge is 0.120 e. The quantitative estimate of drug-likeness (QED) is 0.816. The van der Waals surface area contributed by atoms with Crippen LogP contribution in [0.4, 0.5) is 0 Å². The molecule has 0 radical (unpaired) electrons. The van der Waals surface area contributed by atoms with Gasteiger partial charge in [0.25, 0.3) is 0 Å². The summed E-state index contributed by atoms with van der Waals surface area (Å²) in [4.78, 5) is 2.53. The van der Waals surface area contributed by atoms with Gasteiger partial charge in [0.1, 0.15) is 12.4 Å². The van der Waals surface area contributed by atoms with Gasteiger partial charge in [-0.1, -0.05) is 35.8 Å². The number of hydrogen-bond acceptors (Lipinski definition) is 2. The van der Waals surface area contributed by atoms with Gasteiger partial charge in [0, 0.05) is 11.0 Å². The third-order valence-corrected chi connectivity index (χ3v) is 4.40.